The number of hydrogen-bond acceptors (Lipinski definition) is 6. The van der Waals surface area contributed by atoms with E-state index in [1.54, 1.807) is 0 Å². The highest BCUT2D eigenvalue weighted by molar-refractivity contribution is 5.78. The number of ether oxygens (including phenoxy) is 4. The molecule has 44 heavy (non-hydrogen) atoms. The number of hydrogen-bond donors (Lipinski definition) is 1. The van der Waals surface area contributed by atoms with Crippen LogP contribution in [0.1, 0.15) is 156 Å². The largest absolute Gasteiger partial charge is 0.509 e. The predicted molar refractivity (Wildman–Crippen MR) is 181 cm³/mol. The first kappa shape index (κ1) is 40.2. The third kappa shape index (κ3) is 18.2. The van der Waals surface area contributed by atoms with Crippen LogP contribution in [0, 0.1) is 0 Å². The van der Waals surface area contributed by atoms with Crippen molar-refractivity contribution >= 4 is 12.1 Å². The number of rotatable bonds is 27. The lowest BCUT2D eigenvalue weighted by molar-refractivity contribution is -0.201. The van der Waals surface area contributed by atoms with Gasteiger partial charge in [0, 0.05) is 13.0 Å². The smallest absolute Gasteiger partial charge is 0.430 e. The standard InChI is InChI=1S/C37H67NO6/c1-7-11-13-15-17-19-20-22-24-26-30(5)29-33(39)38-34-31(6)43-32(10-4)35(44-37(40)42-27-9-3)36(34)41-28-25-23-21-18-16-14-12-8-2/h9,31-32,34-36H,3,5,7-8,10-29H2,1-2,4,6H3,(H,38,39). The van der Waals surface area contributed by atoms with Crippen molar-refractivity contribution in [3.63, 3.8) is 0 Å². The summed E-state index contributed by atoms with van der Waals surface area (Å²) < 4.78 is 23.6. The first-order valence-corrected chi connectivity index (χ1v) is 18.0. The van der Waals surface area contributed by atoms with Crippen molar-refractivity contribution in [3.05, 3.63) is 24.8 Å². The van der Waals surface area contributed by atoms with Crippen molar-refractivity contribution in [1.82, 2.24) is 5.32 Å². The second kappa shape index (κ2) is 26.4. The van der Waals surface area contributed by atoms with Gasteiger partial charge in [-0.2, -0.15) is 0 Å². The molecule has 0 aromatic rings. The van der Waals surface area contributed by atoms with Gasteiger partial charge in [-0.15, -0.1) is 0 Å². The Labute approximate surface area is 270 Å². The van der Waals surface area contributed by atoms with Crippen LogP contribution in [0.15, 0.2) is 24.8 Å². The molecule has 0 saturated carbocycles. The van der Waals surface area contributed by atoms with Gasteiger partial charge >= 0.3 is 6.16 Å². The van der Waals surface area contributed by atoms with Crippen molar-refractivity contribution in [1.29, 1.82) is 0 Å². The van der Waals surface area contributed by atoms with Gasteiger partial charge in [0.15, 0.2) is 6.10 Å². The van der Waals surface area contributed by atoms with Crippen LogP contribution in [-0.2, 0) is 23.7 Å². The van der Waals surface area contributed by atoms with E-state index in [9.17, 15) is 9.59 Å². The number of carbonyl (C=O) groups is 2. The molecule has 1 rings (SSSR count). The van der Waals surface area contributed by atoms with E-state index in [0.29, 0.717) is 13.0 Å². The molecule has 0 aromatic carbocycles. The minimum atomic E-state index is -0.786. The van der Waals surface area contributed by atoms with Gasteiger partial charge in [0.25, 0.3) is 0 Å². The van der Waals surface area contributed by atoms with Gasteiger partial charge in [-0.05, 0) is 32.6 Å². The maximum Gasteiger partial charge on any atom is 0.509 e. The summed E-state index contributed by atoms with van der Waals surface area (Å²) in [5.41, 5.74) is 0.943. The molecule has 5 atom stereocenters. The molecule has 1 aliphatic heterocycles. The van der Waals surface area contributed by atoms with Crippen molar-refractivity contribution in [2.24, 2.45) is 0 Å². The maximum atomic E-state index is 13.2. The van der Waals surface area contributed by atoms with E-state index in [1.165, 1.54) is 96.0 Å². The van der Waals surface area contributed by atoms with Crippen LogP contribution in [0.5, 0.6) is 0 Å². The molecule has 0 bridgehead atoms. The molecule has 0 aliphatic carbocycles. The zero-order chi connectivity index (χ0) is 32.4. The highest BCUT2D eigenvalue weighted by Crippen LogP contribution is 2.29. The first-order valence-electron chi connectivity index (χ1n) is 18.0. The molecule has 1 aliphatic rings. The lowest BCUT2D eigenvalue weighted by atomic mass is 9.91. The van der Waals surface area contributed by atoms with Crippen LogP contribution >= 0.6 is 0 Å². The Bertz CT molecular complexity index is 771. The van der Waals surface area contributed by atoms with Crippen LogP contribution in [-0.4, -0.2) is 55.7 Å². The van der Waals surface area contributed by atoms with E-state index in [0.717, 1.165) is 31.3 Å². The van der Waals surface area contributed by atoms with Crippen molar-refractivity contribution in [2.45, 2.75) is 187 Å². The molecule has 0 radical (unpaired) electrons. The molecule has 1 amide bonds. The Hall–Kier alpha value is -1.86. The SMILES string of the molecule is C=CCOC(=O)OC1C(CC)OC(C)C(NC(=O)CC(=C)CCCCCCCCCCC)C1OCCCCCCCCCC. The summed E-state index contributed by atoms with van der Waals surface area (Å²) in [5, 5.41) is 3.16. The summed E-state index contributed by atoms with van der Waals surface area (Å²) >= 11 is 0. The molecule has 1 heterocycles. The molecule has 256 valence electrons. The molecule has 0 aromatic heterocycles. The average molecular weight is 622 g/mol. The molecule has 7 nitrogen and oxygen atoms in total. The van der Waals surface area contributed by atoms with E-state index in [4.69, 9.17) is 18.9 Å². The third-order valence-electron chi connectivity index (χ3n) is 8.57. The lowest BCUT2D eigenvalue weighted by Crippen LogP contribution is -2.64. The fraction of sp³-hybridized carbons (Fsp3) is 0.838. The Kier molecular flexibility index (Phi) is 24.1. The molecule has 1 fully saturated rings. The van der Waals surface area contributed by atoms with E-state index in [-0.39, 0.29) is 31.1 Å². The van der Waals surface area contributed by atoms with Crippen LogP contribution in [0.4, 0.5) is 4.79 Å². The Morgan fingerprint density at radius 3 is 1.89 bits per heavy atom. The van der Waals surface area contributed by atoms with E-state index >= 15 is 0 Å². The Morgan fingerprint density at radius 2 is 1.34 bits per heavy atom. The second-order valence-electron chi connectivity index (χ2n) is 12.6. The van der Waals surface area contributed by atoms with Gasteiger partial charge in [-0.1, -0.05) is 142 Å². The van der Waals surface area contributed by atoms with Crippen molar-refractivity contribution < 1.29 is 28.5 Å². The van der Waals surface area contributed by atoms with E-state index in [2.05, 4.69) is 32.3 Å². The predicted octanol–water partition coefficient (Wildman–Crippen LogP) is 9.77. The summed E-state index contributed by atoms with van der Waals surface area (Å²) in [4.78, 5) is 25.7. The molecule has 5 unspecified atom stereocenters. The van der Waals surface area contributed by atoms with Gasteiger partial charge < -0.3 is 24.3 Å². The zero-order valence-corrected chi connectivity index (χ0v) is 28.9. The third-order valence-corrected chi connectivity index (χ3v) is 8.57. The molecule has 7 heteroatoms. The van der Waals surface area contributed by atoms with Gasteiger partial charge in [0.2, 0.25) is 5.91 Å². The van der Waals surface area contributed by atoms with E-state index < -0.39 is 24.4 Å². The summed E-state index contributed by atoms with van der Waals surface area (Å²) in [6.07, 6.45) is 21.6. The minimum absolute atomic E-state index is 0.0601. The van der Waals surface area contributed by atoms with Crippen molar-refractivity contribution in [2.75, 3.05) is 13.2 Å². The van der Waals surface area contributed by atoms with Gasteiger partial charge in [-0.25, -0.2) is 4.79 Å². The first-order chi connectivity index (χ1) is 21.4. The number of carbonyl (C=O) groups excluding carboxylic acids is 2. The molecule has 0 spiro atoms. The number of amides is 1. The quantitative estimate of drug-likeness (QED) is 0.0558. The monoisotopic (exact) mass is 621 g/mol. The zero-order valence-electron chi connectivity index (χ0n) is 28.9. The fourth-order valence-corrected chi connectivity index (χ4v) is 5.96. The molecule has 1 saturated heterocycles. The average Bonchev–Trinajstić information content (AvgIpc) is 3.00. The van der Waals surface area contributed by atoms with Crippen molar-refractivity contribution in [3.8, 4) is 0 Å². The van der Waals surface area contributed by atoms with Crippen LogP contribution in [0.2, 0.25) is 0 Å². The summed E-state index contributed by atoms with van der Waals surface area (Å²) in [5.74, 6) is -0.102. The topological polar surface area (TPSA) is 83.1 Å². The van der Waals surface area contributed by atoms with Crippen LogP contribution in [0.3, 0.4) is 0 Å². The Balaban J connectivity index is 2.69. The number of nitrogens with one attached hydrogen (secondary N) is 1. The van der Waals surface area contributed by atoms with Gasteiger partial charge in [-0.3, -0.25) is 4.79 Å². The summed E-state index contributed by atoms with van der Waals surface area (Å²) in [7, 11) is 0. The fourth-order valence-electron chi connectivity index (χ4n) is 5.96. The van der Waals surface area contributed by atoms with Gasteiger partial charge in [0.05, 0.1) is 18.2 Å². The minimum Gasteiger partial charge on any atom is -0.430 e. The molecular formula is C37H67NO6. The van der Waals surface area contributed by atoms with Crippen LogP contribution < -0.4 is 5.32 Å². The summed E-state index contributed by atoms with van der Waals surface area (Å²) in [6, 6.07) is -0.461. The lowest BCUT2D eigenvalue weighted by Gasteiger charge is -2.45. The second-order valence-corrected chi connectivity index (χ2v) is 12.6. The Morgan fingerprint density at radius 1 is 0.795 bits per heavy atom. The van der Waals surface area contributed by atoms with Crippen LogP contribution in [0.25, 0.3) is 0 Å². The molecular weight excluding hydrogens is 554 g/mol. The highest BCUT2D eigenvalue weighted by atomic mass is 16.7. The molecule has 1 N–H and O–H groups in total. The normalized spacial score (nSPS) is 21.5. The maximum absolute atomic E-state index is 13.2. The van der Waals surface area contributed by atoms with Gasteiger partial charge in [0.1, 0.15) is 12.7 Å². The highest BCUT2D eigenvalue weighted by Gasteiger charge is 2.47. The number of unbranched alkanes of at least 4 members (excludes halogenated alkanes) is 15. The summed E-state index contributed by atoms with van der Waals surface area (Å²) in [6.45, 7) is 16.8. The van der Waals surface area contributed by atoms with E-state index in [1.807, 2.05) is 13.8 Å².